The summed E-state index contributed by atoms with van der Waals surface area (Å²) in [6, 6.07) is 12.0. The molecular weight excluding hydrogens is 276 g/mol. The number of carbonyl (C=O) groups is 1. The molecule has 1 saturated heterocycles. The van der Waals surface area contributed by atoms with Crippen molar-refractivity contribution >= 4 is 5.91 Å². The van der Waals surface area contributed by atoms with Crippen LogP contribution < -0.4 is 4.74 Å². The van der Waals surface area contributed by atoms with E-state index in [1.54, 1.807) is 7.11 Å². The van der Waals surface area contributed by atoms with Crippen LogP contribution in [0.3, 0.4) is 0 Å². The van der Waals surface area contributed by atoms with Crippen molar-refractivity contribution in [3.05, 3.63) is 53.9 Å². The smallest absolute Gasteiger partial charge is 0.270 e. The van der Waals surface area contributed by atoms with E-state index in [1.165, 1.54) is 0 Å². The molecule has 22 heavy (non-hydrogen) atoms. The summed E-state index contributed by atoms with van der Waals surface area (Å²) in [5.74, 6) is 0.953. The van der Waals surface area contributed by atoms with E-state index < -0.39 is 0 Å². The second-order valence-electron chi connectivity index (χ2n) is 5.79. The van der Waals surface area contributed by atoms with Gasteiger partial charge in [-0.25, -0.2) is 0 Å². The Labute approximate surface area is 131 Å². The molecule has 4 nitrogen and oxygen atoms in total. The van der Waals surface area contributed by atoms with E-state index in [4.69, 9.17) is 4.74 Å². The number of methoxy groups -OCH3 is 1. The third kappa shape index (κ3) is 2.73. The molecule has 116 valence electrons. The number of amides is 1. The maximum Gasteiger partial charge on any atom is 0.270 e. The van der Waals surface area contributed by atoms with Gasteiger partial charge in [0.15, 0.2) is 0 Å². The van der Waals surface area contributed by atoms with Gasteiger partial charge in [0, 0.05) is 19.8 Å². The van der Waals surface area contributed by atoms with Crippen LogP contribution in [-0.2, 0) is 7.05 Å². The zero-order valence-electron chi connectivity index (χ0n) is 13.2. The van der Waals surface area contributed by atoms with Gasteiger partial charge in [-0.2, -0.15) is 0 Å². The SMILES string of the molecule is COc1cccc(C2CCCCN2C(=O)c2cccn2C)c1. The molecule has 1 unspecified atom stereocenters. The van der Waals surface area contributed by atoms with Gasteiger partial charge in [0.2, 0.25) is 0 Å². The van der Waals surface area contributed by atoms with Gasteiger partial charge in [-0.3, -0.25) is 4.79 Å². The highest BCUT2D eigenvalue weighted by Crippen LogP contribution is 2.33. The minimum atomic E-state index is 0.111. The lowest BCUT2D eigenvalue weighted by molar-refractivity contribution is 0.0601. The maximum absolute atomic E-state index is 12.9. The number of likely N-dealkylation sites (tertiary alicyclic amines) is 1. The number of aromatic nitrogens is 1. The zero-order chi connectivity index (χ0) is 15.5. The zero-order valence-corrected chi connectivity index (χ0v) is 13.2. The average molecular weight is 298 g/mol. The summed E-state index contributed by atoms with van der Waals surface area (Å²) < 4.78 is 7.21. The molecule has 4 heteroatoms. The van der Waals surface area contributed by atoms with Crippen molar-refractivity contribution < 1.29 is 9.53 Å². The first kappa shape index (κ1) is 14.7. The number of rotatable bonds is 3. The van der Waals surface area contributed by atoms with Crippen LogP contribution in [0.1, 0.15) is 41.4 Å². The molecule has 0 spiro atoms. The average Bonchev–Trinajstić information content (AvgIpc) is 3.00. The highest BCUT2D eigenvalue weighted by molar-refractivity contribution is 5.93. The van der Waals surface area contributed by atoms with Crippen LogP contribution in [0.25, 0.3) is 0 Å². The molecule has 2 heterocycles. The predicted octanol–water partition coefficient (Wildman–Crippen LogP) is 3.40. The first-order chi connectivity index (χ1) is 10.7. The first-order valence-electron chi connectivity index (χ1n) is 7.77. The lowest BCUT2D eigenvalue weighted by atomic mass is 9.94. The quantitative estimate of drug-likeness (QED) is 0.870. The van der Waals surface area contributed by atoms with Gasteiger partial charge >= 0.3 is 0 Å². The summed E-state index contributed by atoms with van der Waals surface area (Å²) in [6.45, 7) is 0.811. The second kappa shape index (κ2) is 6.26. The molecule has 0 saturated carbocycles. The third-order valence-corrected chi connectivity index (χ3v) is 4.41. The lowest BCUT2D eigenvalue weighted by Crippen LogP contribution is -2.39. The monoisotopic (exact) mass is 298 g/mol. The summed E-state index contributed by atoms with van der Waals surface area (Å²) in [5, 5.41) is 0. The Hall–Kier alpha value is -2.23. The van der Waals surface area contributed by atoms with E-state index in [0.29, 0.717) is 0 Å². The molecule has 2 aromatic rings. The van der Waals surface area contributed by atoms with Crippen LogP contribution in [0.15, 0.2) is 42.6 Å². The van der Waals surface area contributed by atoms with Gasteiger partial charge in [0.25, 0.3) is 5.91 Å². The topological polar surface area (TPSA) is 34.5 Å². The van der Waals surface area contributed by atoms with Gasteiger partial charge < -0.3 is 14.2 Å². The fourth-order valence-electron chi connectivity index (χ4n) is 3.20. The number of hydrogen-bond acceptors (Lipinski definition) is 2. The van der Waals surface area contributed by atoms with Crippen LogP contribution in [0.4, 0.5) is 0 Å². The molecule has 3 rings (SSSR count). The molecule has 0 aliphatic carbocycles. The Kier molecular flexibility index (Phi) is 4.18. The van der Waals surface area contributed by atoms with Crippen LogP contribution in [0, 0.1) is 0 Å². The fraction of sp³-hybridized carbons (Fsp3) is 0.389. The van der Waals surface area contributed by atoms with Gasteiger partial charge in [-0.05, 0) is 49.1 Å². The number of nitrogens with zero attached hydrogens (tertiary/aromatic N) is 2. The van der Waals surface area contributed by atoms with Gasteiger partial charge in [-0.15, -0.1) is 0 Å². The minimum Gasteiger partial charge on any atom is -0.497 e. The van der Waals surface area contributed by atoms with E-state index in [0.717, 1.165) is 42.8 Å². The van der Waals surface area contributed by atoms with Crippen LogP contribution in [0.5, 0.6) is 5.75 Å². The van der Waals surface area contributed by atoms with E-state index in [1.807, 2.05) is 53.0 Å². The molecular formula is C18H22N2O2. The summed E-state index contributed by atoms with van der Waals surface area (Å²) >= 11 is 0. The molecule has 1 aliphatic heterocycles. The molecule has 1 fully saturated rings. The van der Waals surface area contributed by atoms with Gasteiger partial charge in [0.05, 0.1) is 13.2 Å². The van der Waals surface area contributed by atoms with Crippen LogP contribution >= 0.6 is 0 Å². The molecule has 1 amide bonds. The van der Waals surface area contributed by atoms with Crippen molar-refractivity contribution in [1.29, 1.82) is 0 Å². The molecule has 1 aromatic carbocycles. The van der Waals surface area contributed by atoms with Crippen molar-refractivity contribution in [2.75, 3.05) is 13.7 Å². The first-order valence-corrected chi connectivity index (χ1v) is 7.77. The molecule has 1 atom stereocenters. The normalized spacial score (nSPS) is 18.3. The van der Waals surface area contributed by atoms with Crippen LogP contribution in [0.2, 0.25) is 0 Å². The molecule has 0 radical (unpaired) electrons. The maximum atomic E-state index is 12.9. The third-order valence-electron chi connectivity index (χ3n) is 4.41. The summed E-state index contributed by atoms with van der Waals surface area (Å²) in [5.41, 5.74) is 1.90. The van der Waals surface area contributed by atoms with Gasteiger partial charge in [0.1, 0.15) is 11.4 Å². The number of piperidine rings is 1. The molecule has 0 N–H and O–H groups in total. The Morgan fingerprint density at radius 3 is 2.82 bits per heavy atom. The Balaban J connectivity index is 1.91. The molecule has 1 aromatic heterocycles. The van der Waals surface area contributed by atoms with Crippen LogP contribution in [-0.4, -0.2) is 29.0 Å². The number of hydrogen-bond donors (Lipinski definition) is 0. The number of aryl methyl sites for hydroxylation is 1. The lowest BCUT2D eigenvalue weighted by Gasteiger charge is -2.36. The van der Waals surface area contributed by atoms with Crippen molar-refractivity contribution in [3.63, 3.8) is 0 Å². The van der Waals surface area contributed by atoms with Crippen molar-refractivity contribution in [2.24, 2.45) is 7.05 Å². The fourth-order valence-corrected chi connectivity index (χ4v) is 3.20. The Morgan fingerprint density at radius 1 is 1.23 bits per heavy atom. The minimum absolute atomic E-state index is 0.111. The molecule has 0 bridgehead atoms. The Morgan fingerprint density at radius 2 is 2.09 bits per heavy atom. The summed E-state index contributed by atoms with van der Waals surface area (Å²) in [7, 11) is 3.59. The van der Waals surface area contributed by atoms with E-state index >= 15 is 0 Å². The second-order valence-corrected chi connectivity index (χ2v) is 5.79. The van der Waals surface area contributed by atoms with Gasteiger partial charge in [-0.1, -0.05) is 12.1 Å². The Bertz CT molecular complexity index is 663. The number of carbonyl (C=O) groups excluding carboxylic acids is 1. The highest BCUT2D eigenvalue weighted by atomic mass is 16.5. The molecule has 1 aliphatic rings. The van der Waals surface area contributed by atoms with Crippen molar-refractivity contribution in [2.45, 2.75) is 25.3 Å². The summed E-state index contributed by atoms with van der Waals surface area (Å²) in [4.78, 5) is 14.9. The summed E-state index contributed by atoms with van der Waals surface area (Å²) in [6.07, 6.45) is 5.14. The number of ether oxygens (including phenoxy) is 1. The van der Waals surface area contributed by atoms with E-state index in [9.17, 15) is 4.79 Å². The van der Waals surface area contributed by atoms with Crippen molar-refractivity contribution in [1.82, 2.24) is 9.47 Å². The largest absolute Gasteiger partial charge is 0.497 e. The highest BCUT2D eigenvalue weighted by Gasteiger charge is 2.29. The van der Waals surface area contributed by atoms with E-state index in [-0.39, 0.29) is 11.9 Å². The number of benzene rings is 1. The standard InChI is InChI=1S/C18H22N2O2/c1-19-11-6-10-17(19)18(21)20-12-4-3-9-16(20)14-7-5-8-15(13-14)22-2/h5-8,10-11,13,16H,3-4,9,12H2,1-2H3. The van der Waals surface area contributed by atoms with E-state index in [2.05, 4.69) is 6.07 Å². The predicted molar refractivity (Wildman–Crippen MR) is 86.0 cm³/mol. The van der Waals surface area contributed by atoms with Crippen molar-refractivity contribution in [3.8, 4) is 5.75 Å².